The molecule has 0 aromatic heterocycles. The van der Waals surface area contributed by atoms with E-state index in [1.54, 1.807) is 7.05 Å². The Bertz CT molecular complexity index is 787. The summed E-state index contributed by atoms with van der Waals surface area (Å²) in [6.07, 6.45) is 0. The largest absolute Gasteiger partial charge is 0.492 e. The average Bonchev–Trinajstić information content (AvgIpc) is 2.74. The van der Waals surface area contributed by atoms with E-state index in [-0.39, 0.29) is 36.5 Å². The fourth-order valence-electron chi connectivity index (χ4n) is 2.63. The first kappa shape index (κ1) is 25.5. The lowest BCUT2D eigenvalue weighted by atomic mass is 10.2. The first-order chi connectivity index (χ1) is 14.1. The molecule has 2 aromatic carbocycles. The van der Waals surface area contributed by atoms with E-state index in [2.05, 4.69) is 15.6 Å². The molecule has 0 bridgehead atoms. The number of hydrogen-bond donors (Lipinski definition) is 2. The Balaban J connectivity index is 0.00000450. The molecule has 1 amide bonds. The highest BCUT2D eigenvalue weighted by Gasteiger charge is 2.07. The summed E-state index contributed by atoms with van der Waals surface area (Å²) < 4.78 is 11.3. The molecule has 0 atom stereocenters. The molecule has 8 heteroatoms. The number of carbonyl (C=O) groups is 1. The predicted octanol–water partition coefficient (Wildman–Crippen LogP) is 2.91. The van der Waals surface area contributed by atoms with Crippen molar-refractivity contribution < 1.29 is 14.3 Å². The summed E-state index contributed by atoms with van der Waals surface area (Å²) in [6, 6.07) is 17.4. The van der Waals surface area contributed by atoms with Gasteiger partial charge in [-0.3, -0.25) is 9.79 Å². The van der Waals surface area contributed by atoms with Crippen LogP contribution in [0.4, 0.5) is 0 Å². The molecule has 0 aliphatic rings. The highest BCUT2D eigenvalue weighted by Crippen LogP contribution is 2.13. The molecule has 0 unspecified atom stereocenters. The van der Waals surface area contributed by atoms with E-state index >= 15 is 0 Å². The van der Waals surface area contributed by atoms with E-state index in [4.69, 9.17) is 9.47 Å². The van der Waals surface area contributed by atoms with Crippen LogP contribution in [0.15, 0.2) is 59.6 Å². The number of rotatable bonds is 10. The molecule has 0 spiro atoms. The van der Waals surface area contributed by atoms with Crippen molar-refractivity contribution in [3.63, 3.8) is 0 Å². The number of ether oxygens (including phenoxy) is 2. The van der Waals surface area contributed by atoms with Gasteiger partial charge in [-0.15, -0.1) is 24.0 Å². The van der Waals surface area contributed by atoms with Crippen LogP contribution in [0, 0.1) is 0 Å². The number of carbonyl (C=O) groups excluding carboxylic acids is 1. The summed E-state index contributed by atoms with van der Waals surface area (Å²) in [7, 11) is 3.72. The smallest absolute Gasteiger partial charge is 0.257 e. The van der Waals surface area contributed by atoms with Crippen LogP contribution in [0.1, 0.15) is 12.5 Å². The van der Waals surface area contributed by atoms with E-state index in [0.717, 1.165) is 17.3 Å². The molecule has 0 radical (unpaired) electrons. The van der Waals surface area contributed by atoms with Crippen molar-refractivity contribution in [1.29, 1.82) is 0 Å². The Morgan fingerprint density at radius 3 is 2.47 bits per heavy atom. The van der Waals surface area contributed by atoms with E-state index < -0.39 is 0 Å². The van der Waals surface area contributed by atoms with Crippen molar-refractivity contribution in [3.8, 4) is 11.5 Å². The summed E-state index contributed by atoms with van der Waals surface area (Å²) >= 11 is 0. The SMILES string of the molecule is CCNC(=O)COc1cccc(CNC(=NC)N(C)CCOc2ccccc2)c1.I. The van der Waals surface area contributed by atoms with Gasteiger partial charge in [-0.05, 0) is 36.8 Å². The second-order valence-corrected chi connectivity index (χ2v) is 6.37. The number of likely N-dealkylation sites (N-methyl/N-ethyl adjacent to an activating group) is 2. The number of benzene rings is 2. The normalized spacial score (nSPS) is 10.6. The standard InChI is InChI=1S/C22H30N4O3.HI/c1-4-24-21(27)17-29-20-12-8-9-18(15-20)16-25-22(23-2)26(3)13-14-28-19-10-6-5-7-11-19;/h5-12,15H,4,13-14,16-17H2,1-3H3,(H,23,25)(H,24,27);1H. The van der Waals surface area contributed by atoms with Gasteiger partial charge in [0.1, 0.15) is 18.1 Å². The molecule has 0 aliphatic carbocycles. The summed E-state index contributed by atoms with van der Waals surface area (Å²) in [5.41, 5.74) is 1.04. The molecular formula is C22H31IN4O3. The van der Waals surface area contributed by atoms with E-state index in [0.29, 0.717) is 32.0 Å². The van der Waals surface area contributed by atoms with Crippen LogP contribution in [0.5, 0.6) is 11.5 Å². The summed E-state index contributed by atoms with van der Waals surface area (Å²) in [5, 5.41) is 6.04. The topological polar surface area (TPSA) is 75.2 Å². The van der Waals surface area contributed by atoms with E-state index in [1.807, 2.05) is 73.5 Å². The molecular weight excluding hydrogens is 495 g/mol. The Labute approximate surface area is 195 Å². The van der Waals surface area contributed by atoms with Crippen LogP contribution in [-0.2, 0) is 11.3 Å². The second kappa shape index (κ2) is 14.5. The maximum Gasteiger partial charge on any atom is 0.257 e. The molecule has 2 rings (SSSR count). The third kappa shape index (κ3) is 9.34. The molecule has 7 nitrogen and oxygen atoms in total. The fraction of sp³-hybridized carbons (Fsp3) is 0.364. The number of guanidine groups is 1. The van der Waals surface area contributed by atoms with Gasteiger partial charge >= 0.3 is 0 Å². The average molecular weight is 526 g/mol. The van der Waals surface area contributed by atoms with Gasteiger partial charge in [0.05, 0.1) is 6.54 Å². The Kier molecular flexibility index (Phi) is 12.3. The monoisotopic (exact) mass is 526 g/mol. The first-order valence-electron chi connectivity index (χ1n) is 9.70. The molecule has 2 N–H and O–H groups in total. The van der Waals surface area contributed by atoms with Crippen molar-refractivity contribution >= 4 is 35.8 Å². The molecule has 0 heterocycles. The van der Waals surface area contributed by atoms with Crippen molar-refractivity contribution in [1.82, 2.24) is 15.5 Å². The lowest BCUT2D eigenvalue weighted by Crippen LogP contribution is -2.40. The number of nitrogens with zero attached hydrogens (tertiary/aromatic N) is 2. The van der Waals surface area contributed by atoms with Crippen molar-refractivity contribution in [2.75, 3.05) is 40.4 Å². The van der Waals surface area contributed by atoms with Crippen LogP contribution >= 0.6 is 24.0 Å². The Morgan fingerprint density at radius 1 is 1.03 bits per heavy atom. The summed E-state index contributed by atoms with van der Waals surface area (Å²) in [5.74, 6) is 2.16. The maximum absolute atomic E-state index is 11.5. The Morgan fingerprint density at radius 2 is 1.77 bits per heavy atom. The lowest BCUT2D eigenvalue weighted by Gasteiger charge is -2.22. The van der Waals surface area contributed by atoms with Crippen molar-refractivity contribution in [2.24, 2.45) is 4.99 Å². The summed E-state index contributed by atoms with van der Waals surface area (Å²) in [4.78, 5) is 17.9. The molecule has 0 saturated heterocycles. The third-order valence-electron chi connectivity index (χ3n) is 4.10. The molecule has 0 fully saturated rings. The van der Waals surface area contributed by atoms with E-state index in [9.17, 15) is 4.79 Å². The van der Waals surface area contributed by atoms with Crippen molar-refractivity contribution in [3.05, 3.63) is 60.2 Å². The molecule has 30 heavy (non-hydrogen) atoms. The fourth-order valence-corrected chi connectivity index (χ4v) is 2.63. The molecule has 164 valence electrons. The molecule has 0 saturated carbocycles. The van der Waals surface area contributed by atoms with Gasteiger partial charge in [-0.1, -0.05) is 30.3 Å². The number of halogens is 1. The number of aliphatic imine (C=N–C) groups is 1. The van der Waals surface area contributed by atoms with Gasteiger partial charge in [0, 0.05) is 27.2 Å². The zero-order valence-electron chi connectivity index (χ0n) is 17.8. The maximum atomic E-state index is 11.5. The minimum absolute atomic E-state index is 0. The Hall–Kier alpha value is -2.49. The van der Waals surface area contributed by atoms with E-state index in [1.165, 1.54) is 0 Å². The third-order valence-corrected chi connectivity index (χ3v) is 4.10. The molecule has 2 aromatic rings. The van der Waals surface area contributed by atoms with Gasteiger partial charge < -0.3 is 25.0 Å². The van der Waals surface area contributed by atoms with Crippen LogP contribution in [0.25, 0.3) is 0 Å². The van der Waals surface area contributed by atoms with Crippen LogP contribution in [0.3, 0.4) is 0 Å². The van der Waals surface area contributed by atoms with Gasteiger partial charge in [0.15, 0.2) is 12.6 Å². The molecule has 0 aliphatic heterocycles. The van der Waals surface area contributed by atoms with Crippen molar-refractivity contribution in [2.45, 2.75) is 13.5 Å². The van der Waals surface area contributed by atoms with Gasteiger partial charge in [0.2, 0.25) is 0 Å². The quantitative estimate of drug-likeness (QED) is 0.283. The summed E-state index contributed by atoms with van der Waals surface area (Å²) in [6.45, 7) is 4.33. The number of hydrogen-bond acceptors (Lipinski definition) is 4. The number of para-hydroxylation sites is 1. The highest BCUT2D eigenvalue weighted by atomic mass is 127. The van der Waals surface area contributed by atoms with Crippen LogP contribution in [-0.4, -0.2) is 57.2 Å². The van der Waals surface area contributed by atoms with Crippen LogP contribution in [0.2, 0.25) is 0 Å². The minimum atomic E-state index is -0.129. The lowest BCUT2D eigenvalue weighted by molar-refractivity contribution is -0.122. The van der Waals surface area contributed by atoms with Gasteiger partial charge in [-0.2, -0.15) is 0 Å². The zero-order valence-corrected chi connectivity index (χ0v) is 20.1. The first-order valence-corrected chi connectivity index (χ1v) is 9.70. The minimum Gasteiger partial charge on any atom is -0.492 e. The number of amides is 1. The van der Waals surface area contributed by atoms with Crippen LogP contribution < -0.4 is 20.1 Å². The van der Waals surface area contributed by atoms with Gasteiger partial charge in [0.25, 0.3) is 5.91 Å². The highest BCUT2D eigenvalue weighted by molar-refractivity contribution is 14.0. The zero-order chi connectivity index (χ0) is 20.9. The van der Waals surface area contributed by atoms with Gasteiger partial charge in [-0.25, -0.2) is 0 Å². The number of nitrogens with one attached hydrogen (secondary N) is 2. The predicted molar refractivity (Wildman–Crippen MR) is 131 cm³/mol. The second-order valence-electron chi connectivity index (χ2n) is 6.37.